The summed E-state index contributed by atoms with van der Waals surface area (Å²) >= 11 is 0. The highest BCUT2D eigenvalue weighted by Gasteiger charge is 2.19. The summed E-state index contributed by atoms with van der Waals surface area (Å²) in [5, 5.41) is 20.3. The van der Waals surface area contributed by atoms with E-state index in [9.17, 15) is 22.8 Å². The summed E-state index contributed by atoms with van der Waals surface area (Å²) in [6.07, 6.45) is 0. The van der Waals surface area contributed by atoms with Crippen LogP contribution in [0.3, 0.4) is 0 Å². The third-order valence-electron chi connectivity index (χ3n) is 3.29. The van der Waals surface area contributed by atoms with E-state index in [4.69, 9.17) is 20.5 Å². The van der Waals surface area contributed by atoms with Crippen LogP contribution in [0.2, 0.25) is 0 Å². The fraction of sp³-hybridized carbons (Fsp3) is 0. The van der Waals surface area contributed by atoms with Gasteiger partial charge in [0.25, 0.3) is 16.0 Å². The number of benzene rings is 2. The van der Waals surface area contributed by atoms with Crippen molar-refractivity contribution in [1.82, 2.24) is 0 Å². The molecule has 1 amide bonds. The van der Waals surface area contributed by atoms with E-state index < -0.39 is 44.0 Å². The molecule has 11 heteroatoms. The quantitative estimate of drug-likeness (QED) is 0.375. The van der Waals surface area contributed by atoms with Gasteiger partial charge in [-0.25, -0.2) is 9.59 Å². The van der Waals surface area contributed by atoms with Gasteiger partial charge in [-0.1, -0.05) is 0 Å². The molecule has 10 nitrogen and oxygen atoms in total. The third kappa shape index (κ3) is 3.96. The van der Waals surface area contributed by atoms with Gasteiger partial charge in [-0.3, -0.25) is 9.35 Å². The highest BCUT2D eigenvalue weighted by atomic mass is 32.2. The first-order valence-electron chi connectivity index (χ1n) is 6.79. The van der Waals surface area contributed by atoms with Gasteiger partial charge in [0.15, 0.2) is 0 Å². The van der Waals surface area contributed by atoms with Gasteiger partial charge in [-0.2, -0.15) is 8.42 Å². The average molecular weight is 380 g/mol. The Labute approximate surface area is 146 Å². The van der Waals surface area contributed by atoms with Crippen LogP contribution in [0.1, 0.15) is 31.1 Å². The summed E-state index contributed by atoms with van der Waals surface area (Å²) in [6.45, 7) is 0. The van der Waals surface area contributed by atoms with Crippen LogP contribution in [0.15, 0.2) is 41.3 Å². The smallest absolute Gasteiger partial charge is 0.336 e. The zero-order valence-electron chi connectivity index (χ0n) is 12.8. The van der Waals surface area contributed by atoms with Crippen LogP contribution in [0.4, 0.5) is 11.4 Å². The van der Waals surface area contributed by atoms with E-state index in [0.717, 1.165) is 30.3 Å². The van der Waals surface area contributed by atoms with Crippen LogP contribution < -0.4 is 11.1 Å². The Morgan fingerprint density at radius 1 is 0.923 bits per heavy atom. The molecular weight excluding hydrogens is 368 g/mol. The van der Waals surface area contributed by atoms with E-state index in [2.05, 4.69) is 5.32 Å². The summed E-state index contributed by atoms with van der Waals surface area (Å²) in [6, 6.07) is 6.29. The predicted octanol–water partition coefficient (Wildman–Crippen LogP) is 1.16. The summed E-state index contributed by atoms with van der Waals surface area (Å²) in [4.78, 5) is 33.8. The number of carbonyl (C=O) groups excluding carboxylic acids is 1. The van der Waals surface area contributed by atoms with Gasteiger partial charge in [-0.05, 0) is 36.4 Å². The van der Waals surface area contributed by atoms with Crippen molar-refractivity contribution in [2.24, 2.45) is 0 Å². The Morgan fingerprint density at radius 2 is 1.54 bits per heavy atom. The van der Waals surface area contributed by atoms with Crippen LogP contribution in [-0.2, 0) is 10.1 Å². The topological polar surface area (TPSA) is 184 Å². The Bertz CT molecular complexity index is 1030. The van der Waals surface area contributed by atoms with Crippen LogP contribution in [0, 0.1) is 0 Å². The number of hydrogen-bond donors (Lipinski definition) is 5. The number of nitrogen functional groups attached to an aromatic ring is 1. The molecular formula is C15H12N2O8S. The molecule has 0 aliphatic rings. The van der Waals surface area contributed by atoms with E-state index in [1.807, 2.05) is 0 Å². The normalized spacial score (nSPS) is 11.0. The van der Waals surface area contributed by atoms with Crippen molar-refractivity contribution in [2.45, 2.75) is 4.90 Å². The molecule has 0 heterocycles. The van der Waals surface area contributed by atoms with Crippen molar-refractivity contribution < 1.29 is 37.6 Å². The van der Waals surface area contributed by atoms with Gasteiger partial charge < -0.3 is 21.3 Å². The number of nitrogens with one attached hydrogen (secondary N) is 1. The summed E-state index contributed by atoms with van der Waals surface area (Å²) in [7, 11) is -4.61. The molecule has 0 aliphatic carbocycles. The molecule has 0 spiro atoms. The van der Waals surface area contributed by atoms with Gasteiger partial charge in [0.1, 0.15) is 4.90 Å². The largest absolute Gasteiger partial charge is 0.478 e. The average Bonchev–Trinajstić information content (AvgIpc) is 2.54. The van der Waals surface area contributed by atoms with Gasteiger partial charge in [-0.15, -0.1) is 0 Å². The molecule has 0 unspecified atom stereocenters. The molecule has 2 aromatic carbocycles. The first kappa shape index (κ1) is 18.9. The molecule has 2 rings (SSSR count). The minimum absolute atomic E-state index is 0.0315. The van der Waals surface area contributed by atoms with Crippen LogP contribution in [0.25, 0.3) is 0 Å². The lowest BCUT2D eigenvalue weighted by molar-refractivity contribution is 0.0651. The maximum absolute atomic E-state index is 12.2. The van der Waals surface area contributed by atoms with Crippen molar-refractivity contribution in [2.75, 3.05) is 11.1 Å². The maximum atomic E-state index is 12.2. The molecule has 0 atom stereocenters. The molecule has 2 aromatic rings. The molecule has 0 aliphatic heterocycles. The third-order valence-corrected chi connectivity index (χ3v) is 4.20. The Kier molecular flexibility index (Phi) is 4.95. The Morgan fingerprint density at radius 3 is 2.08 bits per heavy atom. The zero-order valence-corrected chi connectivity index (χ0v) is 13.6. The molecule has 26 heavy (non-hydrogen) atoms. The Hall–Kier alpha value is -3.44. The number of carboxylic acids is 2. The van der Waals surface area contributed by atoms with Crippen LogP contribution >= 0.6 is 0 Å². The minimum Gasteiger partial charge on any atom is -0.478 e. The number of carboxylic acid groups (broad SMARTS) is 2. The van der Waals surface area contributed by atoms with Crippen molar-refractivity contribution in [1.29, 1.82) is 0 Å². The number of anilines is 2. The van der Waals surface area contributed by atoms with Crippen molar-refractivity contribution in [3.8, 4) is 0 Å². The summed E-state index contributed by atoms with van der Waals surface area (Å²) in [5.41, 5.74) is 3.94. The van der Waals surface area contributed by atoms with E-state index in [0.29, 0.717) is 0 Å². The van der Waals surface area contributed by atoms with E-state index in [1.165, 1.54) is 6.07 Å². The number of aromatic carboxylic acids is 2. The van der Waals surface area contributed by atoms with E-state index >= 15 is 0 Å². The molecule has 0 saturated heterocycles. The fourth-order valence-corrected chi connectivity index (χ4v) is 2.73. The summed E-state index contributed by atoms with van der Waals surface area (Å²) < 4.78 is 31.5. The second kappa shape index (κ2) is 6.82. The van der Waals surface area contributed by atoms with Crippen molar-refractivity contribution in [3.05, 3.63) is 53.1 Å². The highest BCUT2D eigenvalue weighted by Crippen LogP contribution is 2.23. The van der Waals surface area contributed by atoms with Gasteiger partial charge in [0.2, 0.25) is 0 Å². The number of rotatable bonds is 5. The zero-order chi connectivity index (χ0) is 19.6. The second-order valence-electron chi connectivity index (χ2n) is 5.05. The molecule has 0 aromatic heterocycles. The Balaban J connectivity index is 2.38. The number of carbonyl (C=O) groups is 3. The van der Waals surface area contributed by atoms with Crippen molar-refractivity contribution >= 4 is 39.3 Å². The van der Waals surface area contributed by atoms with Crippen LogP contribution in [0.5, 0.6) is 0 Å². The lowest BCUT2D eigenvalue weighted by Crippen LogP contribution is -2.15. The molecule has 6 N–H and O–H groups in total. The van der Waals surface area contributed by atoms with Gasteiger partial charge in [0, 0.05) is 11.3 Å². The maximum Gasteiger partial charge on any atom is 0.336 e. The first-order chi connectivity index (χ1) is 12.0. The second-order valence-corrected chi connectivity index (χ2v) is 6.44. The van der Waals surface area contributed by atoms with E-state index in [1.54, 1.807) is 0 Å². The SMILES string of the molecule is Nc1ccc(NC(=O)c2ccc(C(=O)O)c(C(=O)O)c2)cc1S(=O)(=O)O. The predicted molar refractivity (Wildman–Crippen MR) is 89.0 cm³/mol. The van der Waals surface area contributed by atoms with E-state index in [-0.39, 0.29) is 16.9 Å². The molecule has 0 radical (unpaired) electrons. The molecule has 0 fully saturated rings. The molecule has 0 saturated carbocycles. The monoisotopic (exact) mass is 380 g/mol. The number of hydrogen-bond acceptors (Lipinski definition) is 6. The molecule has 136 valence electrons. The lowest BCUT2D eigenvalue weighted by atomic mass is 10.0. The standard InChI is InChI=1S/C15H12N2O8S/c16-11-4-2-8(6-12(11)26(23,24)25)17-13(18)7-1-3-9(14(19)20)10(5-7)15(21)22/h1-6H,16H2,(H,17,18)(H,19,20)(H,21,22)(H,23,24,25). The number of nitrogens with two attached hydrogens (primary N) is 1. The van der Waals surface area contributed by atoms with Crippen LogP contribution in [-0.4, -0.2) is 41.0 Å². The summed E-state index contributed by atoms with van der Waals surface area (Å²) in [5.74, 6) is -3.82. The lowest BCUT2D eigenvalue weighted by Gasteiger charge is -2.09. The molecule has 0 bridgehead atoms. The number of amides is 1. The van der Waals surface area contributed by atoms with Gasteiger partial charge >= 0.3 is 11.9 Å². The fourth-order valence-electron chi connectivity index (χ4n) is 2.09. The van der Waals surface area contributed by atoms with Crippen molar-refractivity contribution in [3.63, 3.8) is 0 Å². The minimum atomic E-state index is -4.61. The highest BCUT2D eigenvalue weighted by molar-refractivity contribution is 7.86. The van der Waals surface area contributed by atoms with Gasteiger partial charge in [0.05, 0.1) is 16.8 Å². The first-order valence-corrected chi connectivity index (χ1v) is 8.23.